The van der Waals surface area contributed by atoms with Gasteiger partial charge in [-0.15, -0.1) is 0 Å². The third kappa shape index (κ3) is 29.2. The molecule has 0 aromatic carbocycles. The van der Waals surface area contributed by atoms with Crippen LogP contribution in [0, 0.1) is 0 Å². The highest BCUT2D eigenvalue weighted by molar-refractivity contribution is 5.08. The molecule has 0 unspecified atom stereocenters. The Kier molecular flexibility index (Phi) is 27.6. The molecule has 0 rings (SSSR count). The topological polar surface area (TPSA) is 38.7 Å². The van der Waals surface area contributed by atoms with E-state index >= 15 is 0 Å². The Balaban J connectivity index is 4.20. The average Bonchev–Trinajstić information content (AvgIpc) is 2.98. The molecule has 262 valence electrons. The van der Waals surface area contributed by atoms with Gasteiger partial charge in [0.2, 0.25) is 0 Å². The molecule has 1 N–H and O–H groups in total. The summed E-state index contributed by atoms with van der Waals surface area (Å²) in [4.78, 5) is 0. The lowest BCUT2D eigenvalue weighted by molar-refractivity contribution is -0.0272. The number of allylic oxidation sites excluding steroid dienone is 14. The standard InChI is InChI=1S/C43H72O3/c1-35(2)17-11-19-37(5)21-13-23-39(7)25-15-27-41(9)29-31-45-34-43(33-44)46-32-30-42(10)28-16-26-40(8)24-14-22-38(6)20-12-18-36(3)4/h17-18,21-22,25-26,29-30,43-44H,11-16,19-20,23-24,27-28,31-34H2,1-10H3/t43-/m1/s1. The molecular weight excluding hydrogens is 564 g/mol. The van der Waals surface area contributed by atoms with Crippen LogP contribution in [0.25, 0.3) is 0 Å². The molecule has 0 aromatic heterocycles. The molecule has 0 fully saturated rings. The highest BCUT2D eigenvalue weighted by Crippen LogP contribution is 2.15. The molecule has 46 heavy (non-hydrogen) atoms. The Hall–Kier alpha value is -2.20. The zero-order valence-corrected chi connectivity index (χ0v) is 31.8. The highest BCUT2D eigenvalue weighted by atomic mass is 16.5. The number of hydrogen-bond donors (Lipinski definition) is 1. The van der Waals surface area contributed by atoms with Crippen LogP contribution in [-0.2, 0) is 9.47 Å². The first-order valence-electron chi connectivity index (χ1n) is 17.9. The molecule has 0 saturated carbocycles. The summed E-state index contributed by atoms with van der Waals surface area (Å²) < 4.78 is 11.7. The fourth-order valence-corrected chi connectivity index (χ4v) is 4.86. The van der Waals surface area contributed by atoms with Crippen molar-refractivity contribution in [1.82, 2.24) is 0 Å². The normalized spacial score (nSPS) is 14.5. The van der Waals surface area contributed by atoms with Crippen molar-refractivity contribution in [2.24, 2.45) is 0 Å². The summed E-state index contributed by atoms with van der Waals surface area (Å²) in [7, 11) is 0. The van der Waals surface area contributed by atoms with Crippen LogP contribution in [0.15, 0.2) is 93.2 Å². The Labute approximate surface area is 286 Å². The Bertz CT molecular complexity index is 1050. The lowest BCUT2D eigenvalue weighted by atomic mass is 10.0. The SMILES string of the molecule is CC(C)=CCCC(C)=CCCC(C)=CCCC(C)=CCOC[C@@H](CO)OCC=C(C)CCC=C(C)CCC=C(C)CCC=C(C)C. The van der Waals surface area contributed by atoms with Crippen molar-refractivity contribution in [3.05, 3.63) is 93.2 Å². The van der Waals surface area contributed by atoms with Crippen LogP contribution in [0.3, 0.4) is 0 Å². The van der Waals surface area contributed by atoms with Gasteiger partial charge in [0.1, 0.15) is 6.10 Å². The Morgan fingerprint density at radius 2 is 0.739 bits per heavy atom. The van der Waals surface area contributed by atoms with E-state index in [1.165, 1.54) is 44.6 Å². The fourth-order valence-electron chi connectivity index (χ4n) is 4.86. The maximum atomic E-state index is 9.72. The van der Waals surface area contributed by atoms with E-state index in [1.54, 1.807) is 0 Å². The lowest BCUT2D eigenvalue weighted by Gasteiger charge is -2.14. The van der Waals surface area contributed by atoms with E-state index in [9.17, 15) is 5.11 Å². The molecule has 0 aliphatic rings. The quantitative estimate of drug-likeness (QED) is 0.0758. The third-order valence-electron chi connectivity index (χ3n) is 8.13. The minimum Gasteiger partial charge on any atom is -0.394 e. The van der Waals surface area contributed by atoms with Crippen LogP contribution in [0.4, 0.5) is 0 Å². The van der Waals surface area contributed by atoms with Gasteiger partial charge in [0, 0.05) is 0 Å². The second-order valence-electron chi connectivity index (χ2n) is 13.8. The largest absolute Gasteiger partial charge is 0.394 e. The van der Waals surface area contributed by atoms with Crippen molar-refractivity contribution >= 4 is 0 Å². The van der Waals surface area contributed by atoms with Gasteiger partial charge in [0.05, 0.1) is 26.4 Å². The molecule has 3 nitrogen and oxygen atoms in total. The summed E-state index contributed by atoms with van der Waals surface area (Å²) in [5.74, 6) is 0. The predicted molar refractivity (Wildman–Crippen MR) is 204 cm³/mol. The summed E-state index contributed by atoms with van der Waals surface area (Å²) in [6, 6.07) is 0. The predicted octanol–water partition coefficient (Wildman–Crippen LogP) is 12.7. The van der Waals surface area contributed by atoms with Crippen molar-refractivity contribution in [2.75, 3.05) is 26.4 Å². The number of rotatable bonds is 26. The molecule has 3 heteroatoms. The van der Waals surface area contributed by atoms with Crippen LogP contribution in [-0.4, -0.2) is 37.6 Å². The molecule has 0 aliphatic carbocycles. The van der Waals surface area contributed by atoms with Gasteiger partial charge in [-0.25, -0.2) is 0 Å². The molecular formula is C43H72O3. The summed E-state index contributed by atoms with van der Waals surface area (Å²) in [6.45, 7) is 23.4. The summed E-state index contributed by atoms with van der Waals surface area (Å²) in [5.41, 5.74) is 11.4. The molecule has 0 aliphatic heterocycles. The van der Waals surface area contributed by atoms with Gasteiger partial charge in [-0.2, -0.15) is 0 Å². The van der Waals surface area contributed by atoms with E-state index in [4.69, 9.17) is 9.47 Å². The van der Waals surface area contributed by atoms with E-state index in [1.807, 2.05) is 0 Å². The van der Waals surface area contributed by atoms with Crippen LogP contribution in [0.1, 0.15) is 146 Å². The van der Waals surface area contributed by atoms with Crippen LogP contribution < -0.4 is 0 Å². The van der Waals surface area contributed by atoms with E-state index in [-0.39, 0.29) is 12.7 Å². The van der Waals surface area contributed by atoms with Gasteiger partial charge in [0.15, 0.2) is 0 Å². The third-order valence-corrected chi connectivity index (χ3v) is 8.13. The molecule has 0 spiro atoms. The van der Waals surface area contributed by atoms with Crippen molar-refractivity contribution in [2.45, 2.75) is 152 Å². The zero-order valence-electron chi connectivity index (χ0n) is 31.8. The van der Waals surface area contributed by atoms with Crippen LogP contribution >= 0.6 is 0 Å². The molecule has 0 saturated heterocycles. The molecule has 0 radical (unpaired) electrons. The summed E-state index contributed by atoms with van der Waals surface area (Å²) in [6.07, 6.45) is 31.5. The van der Waals surface area contributed by atoms with E-state index < -0.39 is 0 Å². The molecule has 0 aromatic rings. The van der Waals surface area contributed by atoms with Crippen LogP contribution in [0.2, 0.25) is 0 Å². The van der Waals surface area contributed by atoms with Crippen molar-refractivity contribution in [1.29, 1.82) is 0 Å². The number of ether oxygens (including phenoxy) is 2. The van der Waals surface area contributed by atoms with Gasteiger partial charge in [-0.1, -0.05) is 93.2 Å². The maximum Gasteiger partial charge on any atom is 0.104 e. The molecule has 0 amide bonds. The van der Waals surface area contributed by atoms with Crippen molar-refractivity contribution in [3.63, 3.8) is 0 Å². The monoisotopic (exact) mass is 637 g/mol. The van der Waals surface area contributed by atoms with Gasteiger partial charge in [0.25, 0.3) is 0 Å². The molecule has 0 bridgehead atoms. The van der Waals surface area contributed by atoms with E-state index in [0.717, 1.165) is 77.0 Å². The first-order chi connectivity index (χ1) is 21.9. The first kappa shape index (κ1) is 43.8. The van der Waals surface area contributed by atoms with Crippen molar-refractivity contribution in [3.8, 4) is 0 Å². The van der Waals surface area contributed by atoms with Crippen LogP contribution in [0.5, 0.6) is 0 Å². The van der Waals surface area contributed by atoms with Gasteiger partial charge in [-0.3, -0.25) is 0 Å². The Morgan fingerprint density at radius 1 is 0.435 bits per heavy atom. The van der Waals surface area contributed by atoms with E-state index in [2.05, 4.69) is 118 Å². The minimum absolute atomic E-state index is 0.0331. The number of aliphatic hydroxyl groups excluding tert-OH is 1. The molecule has 1 atom stereocenters. The summed E-state index contributed by atoms with van der Waals surface area (Å²) in [5, 5.41) is 9.72. The van der Waals surface area contributed by atoms with Gasteiger partial charge >= 0.3 is 0 Å². The van der Waals surface area contributed by atoms with E-state index in [0.29, 0.717) is 19.8 Å². The smallest absolute Gasteiger partial charge is 0.104 e. The number of hydrogen-bond acceptors (Lipinski definition) is 3. The second-order valence-corrected chi connectivity index (χ2v) is 13.8. The van der Waals surface area contributed by atoms with Crippen molar-refractivity contribution < 1.29 is 14.6 Å². The minimum atomic E-state index is -0.297. The number of aliphatic hydroxyl groups is 1. The van der Waals surface area contributed by atoms with Gasteiger partial charge in [-0.05, 0) is 146 Å². The Morgan fingerprint density at radius 3 is 1.07 bits per heavy atom. The average molecular weight is 637 g/mol. The maximum absolute atomic E-state index is 9.72. The zero-order chi connectivity index (χ0) is 34.6. The first-order valence-corrected chi connectivity index (χ1v) is 17.9. The lowest BCUT2D eigenvalue weighted by Crippen LogP contribution is -2.24. The highest BCUT2D eigenvalue weighted by Gasteiger charge is 2.07. The van der Waals surface area contributed by atoms with Gasteiger partial charge < -0.3 is 14.6 Å². The summed E-state index contributed by atoms with van der Waals surface area (Å²) >= 11 is 0. The second kappa shape index (κ2) is 29.0. The molecule has 0 heterocycles. The fraction of sp³-hybridized carbons (Fsp3) is 0.628.